The van der Waals surface area contributed by atoms with E-state index in [0.29, 0.717) is 25.9 Å². The molecule has 17 heavy (non-hydrogen) atoms. The molecular weight excluding hydrogens is 242 g/mol. The first-order chi connectivity index (χ1) is 7.95. The number of aliphatic carboxylic acids is 1. The summed E-state index contributed by atoms with van der Waals surface area (Å²) in [5, 5.41) is 8.62. The van der Waals surface area contributed by atoms with Gasteiger partial charge in [0.1, 0.15) is 0 Å². The van der Waals surface area contributed by atoms with Gasteiger partial charge in [0, 0.05) is 19.5 Å². The molecule has 1 aliphatic heterocycles. The molecule has 1 aliphatic rings. The molecule has 5 nitrogen and oxygen atoms in total. The Morgan fingerprint density at radius 1 is 1.47 bits per heavy atom. The normalized spacial score (nSPS) is 22.5. The summed E-state index contributed by atoms with van der Waals surface area (Å²) in [5.41, 5.74) is 0. The van der Waals surface area contributed by atoms with Crippen LogP contribution in [0.25, 0.3) is 0 Å². The van der Waals surface area contributed by atoms with Crippen LogP contribution in [0.3, 0.4) is 0 Å². The molecule has 1 unspecified atom stereocenters. The Morgan fingerprint density at radius 3 is 2.76 bits per heavy atom. The Bertz CT molecular complexity index is 352. The second-order valence-corrected chi connectivity index (χ2v) is 6.70. The van der Waals surface area contributed by atoms with E-state index in [2.05, 4.69) is 0 Å². The maximum atomic E-state index is 11.9. The smallest absolute Gasteiger partial charge is 0.303 e. The molecule has 0 saturated carbocycles. The second-order valence-electron chi connectivity index (χ2n) is 4.61. The van der Waals surface area contributed by atoms with Gasteiger partial charge in [-0.15, -0.1) is 0 Å². The highest BCUT2D eigenvalue weighted by Crippen LogP contribution is 2.23. The van der Waals surface area contributed by atoms with Crippen molar-refractivity contribution in [1.29, 1.82) is 0 Å². The van der Waals surface area contributed by atoms with E-state index < -0.39 is 16.0 Å². The Balaban J connectivity index is 2.51. The number of hydrogen-bond acceptors (Lipinski definition) is 3. The molecule has 100 valence electrons. The van der Waals surface area contributed by atoms with Gasteiger partial charge in [-0.25, -0.2) is 12.7 Å². The number of sulfonamides is 1. The molecule has 0 aliphatic carbocycles. The van der Waals surface area contributed by atoms with Gasteiger partial charge in [-0.1, -0.05) is 6.92 Å². The van der Waals surface area contributed by atoms with E-state index in [-0.39, 0.29) is 18.1 Å². The summed E-state index contributed by atoms with van der Waals surface area (Å²) in [5.74, 6) is -0.413. The lowest BCUT2D eigenvalue weighted by Crippen LogP contribution is -2.41. The highest BCUT2D eigenvalue weighted by molar-refractivity contribution is 7.89. The number of nitrogens with zero attached hydrogens (tertiary/aromatic N) is 1. The minimum atomic E-state index is -3.12. The molecule has 1 heterocycles. The fraction of sp³-hybridized carbons (Fsp3) is 0.909. The Hall–Kier alpha value is -0.620. The predicted octanol–water partition coefficient (Wildman–Crippen LogP) is 1.30. The topological polar surface area (TPSA) is 74.7 Å². The first-order valence-corrected chi connectivity index (χ1v) is 7.76. The lowest BCUT2D eigenvalue weighted by Gasteiger charge is -2.31. The summed E-state index contributed by atoms with van der Waals surface area (Å²) in [6.07, 6.45) is 3.11. The van der Waals surface area contributed by atoms with Gasteiger partial charge in [-0.3, -0.25) is 4.79 Å². The number of carbonyl (C=O) groups is 1. The van der Waals surface area contributed by atoms with Crippen LogP contribution in [-0.2, 0) is 14.8 Å². The lowest BCUT2D eigenvalue weighted by molar-refractivity contribution is -0.137. The van der Waals surface area contributed by atoms with Gasteiger partial charge in [0.2, 0.25) is 10.0 Å². The van der Waals surface area contributed by atoms with Gasteiger partial charge < -0.3 is 5.11 Å². The molecule has 0 aromatic rings. The van der Waals surface area contributed by atoms with Crippen molar-refractivity contribution in [3.05, 3.63) is 0 Å². The molecule has 0 radical (unpaired) electrons. The highest BCUT2D eigenvalue weighted by atomic mass is 32.2. The van der Waals surface area contributed by atoms with Gasteiger partial charge >= 0.3 is 5.97 Å². The van der Waals surface area contributed by atoms with Crippen LogP contribution in [0.2, 0.25) is 0 Å². The fourth-order valence-electron chi connectivity index (χ4n) is 2.23. The van der Waals surface area contributed by atoms with E-state index in [0.717, 1.165) is 12.8 Å². The molecule has 1 N–H and O–H groups in total. The molecule has 0 aromatic carbocycles. The molecule has 1 atom stereocenters. The maximum Gasteiger partial charge on any atom is 0.303 e. The molecule has 0 amide bonds. The van der Waals surface area contributed by atoms with E-state index in [1.165, 1.54) is 4.31 Å². The SMILES string of the molecule is CCCS(=O)(=O)N1CCCC(CCC(=O)O)C1. The molecule has 0 aromatic heterocycles. The molecule has 1 rings (SSSR count). The van der Waals surface area contributed by atoms with Gasteiger partial charge in [0.15, 0.2) is 0 Å². The molecule has 0 spiro atoms. The van der Waals surface area contributed by atoms with Crippen molar-refractivity contribution in [2.75, 3.05) is 18.8 Å². The van der Waals surface area contributed by atoms with Gasteiger partial charge in [-0.05, 0) is 31.6 Å². The number of carboxylic acids is 1. The minimum absolute atomic E-state index is 0.131. The lowest BCUT2D eigenvalue weighted by atomic mass is 9.95. The molecular formula is C11H21NO4S. The summed E-state index contributed by atoms with van der Waals surface area (Å²) in [6, 6.07) is 0. The van der Waals surface area contributed by atoms with Crippen LogP contribution >= 0.6 is 0 Å². The molecule has 6 heteroatoms. The largest absolute Gasteiger partial charge is 0.481 e. The van der Waals surface area contributed by atoms with E-state index in [9.17, 15) is 13.2 Å². The average Bonchev–Trinajstić information content (AvgIpc) is 2.27. The number of carboxylic acid groups (broad SMARTS) is 1. The Kier molecular flexibility index (Phi) is 5.39. The first-order valence-electron chi connectivity index (χ1n) is 6.15. The zero-order chi connectivity index (χ0) is 12.9. The second kappa shape index (κ2) is 6.35. The molecule has 1 saturated heterocycles. The van der Waals surface area contributed by atoms with Crippen molar-refractivity contribution >= 4 is 16.0 Å². The van der Waals surface area contributed by atoms with Crippen LogP contribution in [-0.4, -0.2) is 42.6 Å². The summed E-state index contributed by atoms with van der Waals surface area (Å²) in [7, 11) is -3.12. The monoisotopic (exact) mass is 263 g/mol. The van der Waals surface area contributed by atoms with Crippen LogP contribution in [0.1, 0.15) is 39.0 Å². The standard InChI is InChI=1S/C11H21NO4S/c1-2-8-17(15,16)12-7-3-4-10(9-12)5-6-11(13)14/h10H,2-9H2,1H3,(H,13,14). The zero-order valence-electron chi connectivity index (χ0n) is 10.3. The zero-order valence-corrected chi connectivity index (χ0v) is 11.1. The average molecular weight is 263 g/mol. The van der Waals surface area contributed by atoms with Crippen LogP contribution in [0.15, 0.2) is 0 Å². The molecule has 1 fully saturated rings. The summed E-state index contributed by atoms with van der Waals surface area (Å²) in [4.78, 5) is 10.5. The van der Waals surface area contributed by atoms with E-state index >= 15 is 0 Å². The third-order valence-corrected chi connectivity index (χ3v) is 5.15. The Morgan fingerprint density at radius 2 is 2.18 bits per heavy atom. The van der Waals surface area contributed by atoms with Crippen LogP contribution < -0.4 is 0 Å². The van der Waals surface area contributed by atoms with Crippen molar-refractivity contribution < 1.29 is 18.3 Å². The number of hydrogen-bond donors (Lipinski definition) is 1. The van der Waals surface area contributed by atoms with Gasteiger partial charge in [0.05, 0.1) is 5.75 Å². The summed E-state index contributed by atoms with van der Waals surface area (Å²) < 4.78 is 25.3. The number of rotatable bonds is 6. The summed E-state index contributed by atoms with van der Waals surface area (Å²) >= 11 is 0. The summed E-state index contributed by atoms with van der Waals surface area (Å²) in [6.45, 7) is 2.94. The van der Waals surface area contributed by atoms with E-state index in [4.69, 9.17) is 5.11 Å². The third kappa shape index (κ3) is 4.63. The van der Waals surface area contributed by atoms with Crippen LogP contribution in [0.5, 0.6) is 0 Å². The molecule has 0 bridgehead atoms. The quantitative estimate of drug-likeness (QED) is 0.784. The third-order valence-electron chi connectivity index (χ3n) is 3.10. The first kappa shape index (κ1) is 14.4. The van der Waals surface area contributed by atoms with Gasteiger partial charge in [-0.2, -0.15) is 0 Å². The number of piperidine rings is 1. The van der Waals surface area contributed by atoms with Crippen molar-refractivity contribution in [2.24, 2.45) is 5.92 Å². The highest BCUT2D eigenvalue weighted by Gasteiger charge is 2.28. The van der Waals surface area contributed by atoms with Crippen LogP contribution in [0, 0.1) is 5.92 Å². The Labute approximate surface area is 103 Å². The van der Waals surface area contributed by atoms with E-state index in [1.54, 1.807) is 0 Å². The maximum absolute atomic E-state index is 11.9. The van der Waals surface area contributed by atoms with Crippen LogP contribution in [0.4, 0.5) is 0 Å². The van der Waals surface area contributed by atoms with Crippen molar-refractivity contribution in [3.8, 4) is 0 Å². The van der Waals surface area contributed by atoms with E-state index in [1.807, 2.05) is 6.92 Å². The minimum Gasteiger partial charge on any atom is -0.481 e. The van der Waals surface area contributed by atoms with Crippen molar-refractivity contribution in [1.82, 2.24) is 4.31 Å². The fourth-order valence-corrected chi connectivity index (χ4v) is 3.85. The van der Waals surface area contributed by atoms with Crippen molar-refractivity contribution in [3.63, 3.8) is 0 Å². The predicted molar refractivity (Wildman–Crippen MR) is 65.2 cm³/mol. The van der Waals surface area contributed by atoms with Gasteiger partial charge in [0.25, 0.3) is 0 Å². The van der Waals surface area contributed by atoms with Crippen molar-refractivity contribution in [2.45, 2.75) is 39.0 Å².